The van der Waals surface area contributed by atoms with Crippen LogP contribution in [-0.2, 0) is 0 Å². The van der Waals surface area contributed by atoms with Gasteiger partial charge >= 0.3 is 0 Å². The van der Waals surface area contributed by atoms with E-state index in [-0.39, 0.29) is 0 Å². The van der Waals surface area contributed by atoms with Gasteiger partial charge in [0.2, 0.25) is 0 Å². The number of carbonyl (C=O) groups excluding carboxylic acids is 1. The van der Waals surface area contributed by atoms with Gasteiger partial charge in [0.25, 0.3) is 5.91 Å². The Bertz CT molecular complexity index is 861. The molecular formula is C20H21BrN2O5. The third kappa shape index (κ3) is 5.50. The molecule has 28 heavy (non-hydrogen) atoms. The summed E-state index contributed by atoms with van der Waals surface area (Å²) in [5, 5.41) is 4.00. The van der Waals surface area contributed by atoms with Crippen LogP contribution in [0.25, 0.3) is 0 Å². The van der Waals surface area contributed by atoms with E-state index in [0.717, 1.165) is 0 Å². The molecule has 0 aliphatic carbocycles. The van der Waals surface area contributed by atoms with Gasteiger partial charge in [-0.2, -0.15) is 5.10 Å². The number of rotatable bonds is 9. The highest BCUT2D eigenvalue weighted by molar-refractivity contribution is 9.10. The molecule has 1 N–H and O–H groups in total. The molecule has 0 aliphatic rings. The van der Waals surface area contributed by atoms with Gasteiger partial charge in [0.05, 0.1) is 32.0 Å². The number of ether oxygens (including phenoxy) is 4. The number of hydrogen-bond acceptors (Lipinski definition) is 6. The zero-order chi connectivity index (χ0) is 20.5. The number of amides is 1. The fourth-order valence-corrected chi connectivity index (χ4v) is 2.84. The summed E-state index contributed by atoms with van der Waals surface area (Å²) in [4.78, 5) is 12.3. The zero-order valence-corrected chi connectivity index (χ0v) is 17.4. The van der Waals surface area contributed by atoms with Gasteiger partial charge in [0, 0.05) is 11.6 Å². The van der Waals surface area contributed by atoms with Crippen molar-refractivity contribution < 1.29 is 23.7 Å². The lowest BCUT2D eigenvalue weighted by Crippen LogP contribution is -2.17. The fraction of sp³-hybridized carbons (Fsp3) is 0.200. The van der Waals surface area contributed by atoms with Crippen molar-refractivity contribution in [2.75, 3.05) is 27.9 Å². The SMILES string of the molecule is C=CCOc1c(Br)cc(C=NNC(=O)c2cc(OC)cc(OC)c2)cc1OC. The van der Waals surface area contributed by atoms with Gasteiger partial charge in [-0.15, -0.1) is 0 Å². The average Bonchev–Trinajstić information content (AvgIpc) is 2.71. The smallest absolute Gasteiger partial charge is 0.271 e. The van der Waals surface area contributed by atoms with Crippen LogP contribution in [0.15, 0.2) is 52.6 Å². The predicted molar refractivity (Wildman–Crippen MR) is 111 cm³/mol. The first-order valence-electron chi connectivity index (χ1n) is 8.20. The number of hydrogen-bond donors (Lipinski definition) is 1. The monoisotopic (exact) mass is 448 g/mol. The lowest BCUT2D eigenvalue weighted by molar-refractivity contribution is 0.0954. The minimum Gasteiger partial charge on any atom is -0.497 e. The molecule has 2 aromatic carbocycles. The van der Waals surface area contributed by atoms with Crippen LogP contribution in [0.4, 0.5) is 0 Å². The minimum atomic E-state index is -0.398. The normalized spacial score (nSPS) is 10.4. The van der Waals surface area contributed by atoms with Crippen LogP contribution in [0.5, 0.6) is 23.0 Å². The summed E-state index contributed by atoms with van der Waals surface area (Å²) in [5.41, 5.74) is 3.54. The maximum atomic E-state index is 12.3. The molecule has 0 saturated carbocycles. The van der Waals surface area contributed by atoms with Crippen LogP contribution in [0.2, 0.25) is 0 Å². The van der Waals surface area contributed by atoms with Crippen LogP contribution >= 0.6 is 15.9 Å². The van der Waals surface area contributed by atoms with E-state index in [2.05, 4.69) is 33.0 Å². The number of methoxy groups -OCH3 is 3. The van der Waals surface area contributed by atoms with E-state index in [4.69, 9.17) is 18.9 Å². The van der Waals surface area contributed by atoms with Crippen molar-refractivity contribution >= 4 is 28.1 Å². The molecule has 0 aromatic heterocycles. The molecule has 148 valence electrons. The van der Waals surface area contributed by atoms with Crippen molar-refractivity contribution in [3.05, 3.63) is 58.6 Å². The van der Waals surface area contributed by atoms with E-state index in [1.807, 2.05) is 0 Å². The fourth-order valence-electron chi connectivity index (χ4n) is 2.27. The maximum absolute atomic E-state index is 12.3. The summed E-state index contributed by atoms with van der Waals surface area (Å²) >= 11 is 3.44. The Kier molecular flexibility index (Phi) is 7.88. The van der Waals surface area contributed by atoms with E-state index in [0.29, 0.717) is 45.2 Å². The lowest BCUT2D eigenvalue weighted by Gasteiger charge is -2.12. The molecule has 0 radical (unpaired) electrons. The third-order valence-electron chi connectivity index (χ3n) is 3.59. The summed E-state index contributed by atoms with van der Waals surface area (Å²) in [6.45, 7) is 3.97. The van der Waals surface area contributed by atoms with Crippen molar-refractivity contribution in [3.8, 4) is 23.0 Å². The molecule has 0 fully saturated rings. The molecular weight excluding hydrogens is 428 g/mol. The molecule has 0 heterocycles. The third-order valence-corrected chi connectivity index (χ3v) is 4.18. The van der Waals surface area contributed by atoms with Crippen LogP contribution in [0, 0.1) is 0 Å². The summed E-state index contributed by atoms with van der Waals surface area (Å²) in [6.07, 6.45) is 3.14. The topological polar surface area (TPSA) is 78.4 Å². The molecule has 0 saturated heterocycles. The number of hydrazone groups is 1. The van der Waals surface area contributed by atoms with Gasteiger partial charge < -0.3 is 18.9 Å². The van der Waals surface area contributed by atoms with Crippen LogP contribution < -0.4 is 24.4 Å². The van der Waals surface area contributed by atoms with Crippen molar-refractivity contribution in [2.24, 2.45) is 5.10 Å². The number of nitrogens with zero attached hydrogens (tertiary/aromatic N) is 1. The van der Waals surface area contributed by atoms with Gasteiger partial charge in [-0.25, -0.2) is 5.43 Å². The summed E-state index contributed by atoms with van der Waals surface area (Å²) in [5.74, 6) is 1.72. The van der Waals surface area contributed by atoms with E-state index in [1.165, 1.54) is 20.4 Å². The van der Waals surface area contributed by atoms with Crippen molar-refractivity contribution in [3.63, 3.8) is 0 Å². The molecule has 0 atom stereocenters. The van der Waals surface area contributed by atoms with Gasteiger partial charge in [-0.3, -0.25) is 4.79 Å². The Hall–Kier alpha value is -3.00. The standard InChI is InChI=1S/C20H21BrN2O5/c1-5-6-28-19-17(21)7-13(8-18(19)27-4)12-22-23-20(24)14-9-15(25-2)11-16(10-14)26-3/h5,7-12H,1,6H2,2-4H3,(H,23,24). The molecule has 2 aromatic rings. The molecule has 0 bridgehead atoms. The number of carbonyl (C=O) groups is 1. The van der Waals surface area contributed by atoms with E-state index in [1.54, 1.807) is 43.5 Å². The molecule has 1 amide bonds. The second-order valence-electron chi connectivity index (χ2n) is 5.43. The molecule has 7 nitrogen and oxygen atoms in total. The van der Waals surface area contributed by atoms with Crippen LogP contribution in [-0.4, -0.2) is 40.1 Å². The highest BCUT2D eigenvalue weighted by atomic mass is 79.9. The van der Waals surface area contributed by atoms with Gasteiger partial charge in [0.15, 0.2) is 11.5 Å². The highest BCUT2D eigenvalue weighted by Gasteiger charge is 2.11. The quantitative estimate of drug-likeness (QED) is 0.358. The van der Waals surface area contributed by atoms with Gasteiger partial charge in [-0.1, -0.05) is 12.7 Å². The average molecular weight is 449 g/mol. The van der Waals surface area contributed by atoms with E-state index >= 15 is 0 Å². The van der Waals surface area contributed by atoms with Crippen molar-refractivity contribution in [1.82, 2.24) is 5.43 Å². The minimum absolute atomic E-state index is 0.350. The van der Waals surface area contributed by atoms with Gasteiger partial charge in [-0.05, 0) is 45.8 Å². The van der Waals surface area contributed by atoms with Crippen LogP contribution in [0.1, 0.15) is 15.9 Å². The van der Waals surface area contributed by atoms with Gasteiger partial charge in [0.1, 0.15) is 18.1 Å². The zero-order valence-electron chi connectivity index (χ0n) is 15.8. The van der Waals surface area contributed by atoms with Crippen molar-refractivity contribution in [2.45, 2.75) is 0 Å². The summed E-state index contributed by atoms with van der Waals surface area (Å²) in [6, 6.07) is 8.41. The second kappa shape index (κ2) is 10.4. The number of halogens is 1. The summed E-state index contributed by atoms with van der Waals surface area (Å²) in [7, 11) is 4.58. The molecule has 8 heteroatoms. The second-order valence-corrected chi connectivity index (χ2v) is 6.29. The van der Waals surface area contributed by atoms with E-state index < -0.39 is 5.91 Å². The largest absolute Gasteiger partial charge is 0.497 e. The Morgan fingerprint density at radius 3 is 2.36 bits per heavy atom. The Labute approximate surface area is 172 Å². The molecule has 0 aliphatic heterocycles. The summed E-state index contributed by atoms with van der Waals surface area (Å²) < 4.78 is 21.9. The number of benzene rings is 2. The lowest BCUT2D eigenvalue weighted by atomic mass is 10.2. The Morgan fingerprint density at radius 2 is 1.79 bits per heavy atom. The molecule has 0 spiro atoms. The van der Waals surface area contributed by atoms with Crippen molar-refractivity contribution in [1.29, 1.82) is 0 Å². The number of nitrogens with one attached hydrogen (secondary N) is 1. The first-order valence-corrected chi connectivity index (χ1v) is 8.99. The Balaban J connectivity index is 2.15. The maximum Gasteiger partial charge on any atom is 0.271 e. The van der Waals surface area contributed by atoms with E-state index in [9.17, 15) is 4.79 Å². The van der Waals surface area contributed by atoms with Crippen LogP contribution in [0.3, 0.4) is 0 Å². The predicted octanol–water partition coefficient (Wildman–Crippen LogP) is 3.80. The molecule has 2 rings (SSSR count). The first kappa shape index (κ1) is 21.3. The highest BCUT2D eigenvalue weighted by Crippen LogP contribution is 2.36. The first-order chi connectivity index (χ1) is 13.5. The molecule has 0 unspecified atom stereocenters. The Morgan fingerprint density at radius 1 is 1.11 bits per heavy atom.